The van der Waals surface area contributed by atoms with Gasteiger partial charge in [0.15, 0.2) is 0 Å². The molecule has 0 saturated carbocycles. The summed E-state index contributed by atoms with van der Waals surface area (Å²) < 4.78 is 0. The third-order valence-electron chi connectivity index (χ3n) is 4.19. The Morgan fingerprint density at radius 1 is 1.13 bits per heavy atom. The van der Waals surface area contributed by atoms with Crippen molar-refractivity contribution in [3.8, 4) is 0 Å². The van der Waals surface area contributed by atoms with Crippen molar-refractivity contribution in [2.75, 3.05) is 29.9 Å². The summed E-state index contributed by atoms with van der Waals surface area (Å²) in [4.78, 5) is 31.7. The lowest BCUT2D eigenvalue weighted by Gasteiger charge is -2.24. The monoisotopic (exact) mass is 311 g/mol. The van der Waals surface area contributed by atoms with Gasteiger partial charge in [0.05, 0.1) is 11.4 Å². The molecular formula is C18H21N3O2. The van der Waals surface area contributed by atoms with Crippen LogP contribution in [0.4, 0.5) is 11.4 Å². The number of benzene rings is 1. The first-order valence-corrected chi connectivity index (χ1v) is 7.79. The van der Waals surface area contributed by atoms with Crippen LogP contribution in [0.15, 0.2) is 41.2 Å². The Kier molecular flexibility index (Phi) is 3.94. The topological polar surface area (TPSA) is 56.4 Å². The van der Waals surface area contributed by atoms with E-state index in [2.05, 4.69) is 16.8 Å². The van der Waals surface area contributed by atoms with Crippen LogP contribution in [-0.4, -0.2) is 31.0 Å². The normalized spacial score (nSPS) is 17.6. The number of rotatable bonds is 1. The van der Waals surface area contributed by atoms with Gasteiger partial charge >= 0.3 is 0 Å². The zero-order chi connectivity index (χ0) is 16.6. The fourth-order valence-electron chi connectivity index (χ4n) is 3.13. The van der Waals surface area contributed by atoms with Gasteiger partial charge in [-0.25, -0.2) is 0 Å². The molecule has 1 amide bonds. The number of carbonyl (C=O) groups excluding carboxylic acids is 1. The van der Waals surface area contributed by atoms with E-state index in [1.165, 1.54) is 0 Å². The van der Waals surface area contributed by atoms with Gasteiger partial charge in [0.1, 0.15) is 5.56 Å². The molecule has 3 rings (SSSR count). The van der Waals surface area contributed by atoms with Crippen LogP contribution in [0, 0.1) is 12.8 Å². The fraction of sp³-hybridized carbons (Fsp3) is 0.333. The highest BCUT2D eigenvalue weighted by molar-refractivity contribution is 6.07. The number of nitrogens with zero attached hydrogens (tertiary/aromatic N) is 2. The molecule has 120 valence electrons. The summed E-state index contributed by atoms with van der Waals surface area (Å²) in [6.07, 6.45) is 0. The first-order valence-electron chi connectivity index (χ1n) is 7.79. The zero-order valence-corrected chi connectivity index (χ0v) is 13.7. The van der Waals surface area contributed by atoms with Gasteiger partial charge < -0.3 is 14.8 Å². The number of pyridine rings is 1. The van der Waals surface area contributed by atoms with E-state index in [1.54, 1.807) is 24.0 Å². The predicted octanol–water partition coefficient (Wildman–Crippen LogP) is 2.42. The minimum absolute atomic E-state index is 0.183. The lowest BCUT2D eigenvalue weighted by molar-refractivity contribution is 0.0983. The largest absolute Gasteiger partial charge is 0.373 e. The molecule has 0 bridgehead atoms. The van der Waals surface area contributed by atoms with E-state index >= 15 is 0 Å². The molecule has 0 unspecified atom stereocenters. The maximum absolute atomic E-state index is 13.0. The maximum atomic E-state index is 13.0. The van der Waals surface area contributed by atoms with Crippen molar-refractivity contribution in [3.63, 3.8) is 0 Å². The van der Waals surface area contributed by atoms with Gasteiger partial charge in [-0.2, -0.15) is 0 Å². The third-order valence-corrected chi connectivity index (χ3v) is 4.19. The van der Waals surface area contributed by atoms with Crippen molar-refractivity contribution in [2.24, 2.45) is 5.92 Å². The predicted molar refractivity (Wildman–Crippen MR) is 92.4 cm³/mol. The molecule has 1 aliphatic rings. The van der Waals surface area contributed by atoms with Crippen LogP contribution in [0.5, 0.6) is 0 Å². The first kappa shape index (κ1) is 15.3. The lowest BCUT2D eigenvalue weighted by Crippen LogP contribution is -2.37. The van der Waals surface area contributed by atoms with Crippen LogP contribution in [0.3, 0.4) is 0 Å². The van der Waals surface area contributed by atoms with Gasteiger partial charge in [-0.05, 0) is 37.1 Å². The molecular weight excluding hydrogens is 290 g/mol. The second kappa shape index (κ2) is 5.91. The molecule has 0 fully saturated rings. The second-order valence-electron chi connectivity index (χ2n) is 6.27. The second-order valence-corrected chi connectivity index (χ2v) is 6.27. The Morgan fingerprint density at radius 2 is 1.83 bits per heavy atom. The molecule has 2 heterocycles. The molecule has 1 aromatic heterocycles. The smallest absolute Gasteiger partial charge is 0.263 e. The van der Waals surface area contributed by atoms with Gasteiger partial charge in [-0.1, -0.05) is 19.1 Å². The highest BCUT2D eigenvalue weighted by Crippen LogP contribution is 2.33. The van der Waals surface area contributed by atoms with Crippen LogP contribution < -0.4 is 15.4 Å². The number of H-pyrrole nitrogens is 1. The van der Waals surface area contributed by atoms with E-state index in [1.807, 2.05) is 31.3 Å². The minimum Gasteiger partial charge on any atom is -0.373 e. The molecule has 5 nitrogen and oxygen atoms in total. The van der Waals surface area contributed by atoms with Crippen molar-refractivity contribution < 1.29 is 4.79 Å². The number of aryl methyl sites for hydroxylation is 1. The molecule has 2 aromatic rings. The summed E-state index contributed by atoms with van der Waals surface area (Å²) >= 11 is 0. The standard InChI is InChI=1S/C18H21N3O2/c1-12-10-20(3)15-6-4-5-7-16(15)21(11-12)18(23)14-9-8-13(2)19-17(14)22/h4-9,12H,10-11H2,1-3H3,(H,19,22)/t12-/m1/s1. The van der Waals surface area contributed by atoms with Crippen molar-refractivity contribution in [1.29, 1.82) is 0 Å². The maximum Gasteiger partial charge on any atom is 0.263 e. The number of carbonyl (C=O) groups is 1. The number of fused-ring (bicyclic) bond motifs is 1. The van der Waals surface area contributed by atoms with Crippen molar-refractivity contribution in [2.45, 2.75) is 13.8 Å². The lowest BCUT2D eigenvalue weighted by atomic mass is 10.1. The van der Waals surface area contributed by atoms with E-state index in [0.717, 1.165) is 23.6 Å². The summed E-state index contributed by atoms with van der Waals surface area (Å²) in [5, 5.41) is 0. The van der Waals surface area contributed by atoms with E-state index in [4.69, 9.17) is 0 Å². The van der Waals surface area contributed by atoms with Crippen LogP contribution in [0.1, 0.15) is 23.0 Å². The van der Waals surface area contributed by atoms with E-state index in [0.29, 0.717) is 12.5 Å². The quantitative estimate of drug-likeness (QED) is 0.880. The molecule has 1 aliphatic heterocycles. The molecule has 1 aromatic carbocycles. The Bertz CT molecular complexity index is 797. The van der Waals surface area contributed by atoms with Crippen LogP contribution in [0.25, 0.3) is 0 Å². The minimum atomic E-state index is -0.335. The number of hydrogen-bond donors (Lipinski definition) is 1. The molecule has 1 N–H and O–H groups in total. The van der Waals surface area contributed by atoms with Crippen molar-refractivity contribution in [3.05, 3.63) is 58.0 Å². The SMILES string of the molecule is Cc1ccc(C(=O)N2C[C@H](C)CN(C)c3ccccc32)c(=O)[nH]1. The van der Waals surface area contributed by atoms with E-state index in [-0.39, 0.29) is 17.0 Å². The van der Waals surface area contributed by atoms with Gasteiger partial charge in [0.2, 0.25) is 0 Å². The van der Waals surface area contributed by atoms with E-state index < -0.39 is 0 Å². The highest BCUT2D eigenvalue weighted by atomic mass is 16.2. The Balaban J connectivity index is 2.08. The van der Waals surface area contributed by atoms with E-state index in [9.17, 15) is 9.59 Å². The summed E-state index contributed by atoms with van der Waals surface area (Å²) in [7, 11) is 2.03. The number of hydrogen-bond acceptors (Lipinski definition) is 3. The molecule has 0 spiro atoms. The number of nitrogens with one attached hydrogen (secondary N) is 1. The summed E-state index contributed by atoms with van der Waals surface area (Å²) in [5.74, 6) is 0.0572. The number of anilines is 2. The van der Waals surface area contributed by atoms with Gasteiger partial charge in [0, 0.05) is 25.8 Å². The Hall–Kier alpha value is -2.56. The van der Waals surface area contributed by atoms with Gasteiger partial charge in [-0.15, -0.1) is 0 Å². The van der Waals surface area contributed by atoms with Crippen LogP contribution in [-0.2, 0) is 0 Å². The Labute approximate surface area is 135 Å². The summed E-state index contributed by atoms with van der Waals surface area (Å²) in [5.41, 5.74) is 2.45. The summed E-state index contributed by atoms with van der Waals surface area (Å²) in [6, 6.07) is 11.2. The number of amides is 1. The Morgan fingerprint density at radius 3 is 2.52 bits per heavy atom. The highest BCUT2D eigenvalue weighted by Gasteiger charge is 2.28. The van der Waals surface area contributed by atoms with Crippen molar-refractivity contribution in [1.82, 2.24) is 4.98 Å². The number of aromatic amines is 1. The molecule has 1 atom stereocenters. The van der Waals surface area contributed by atoms with Crippen LogP contribution >= 0.6 is 0 Å². The summed E-state index contributed by atoms with van der Waals surface area (Å²) in [6.45, 7) is 5.37. The molecule has 0 aliphatic carbocycles. The van der Waals surface area contributed by atoms with Gasteiger partial charge in [0.25, 0.3) is 11.5 Å². The third kappa shape index (κ3) is 2.86. The number of para-hydroxylation sites is 2. The molecule has 0 radical (unpaired) electrons. The number of aromatic nitrogens is 1. The first-order chi connectivity index (χ1) is 11.0. The molecule has 0 saturated heterocycles. The zero-order valence-electron chi connectivity index (χ0n) is 13.7. The van der Waals surface area contributed by atoms with Crippen molar-refractivity contribution >= 4 is 17.3 Å². The average molecular weight is 311 g/mol. The van der Waals surface area contributed by atoms with Crippen LogP contribution in [0.2, 0.25) is 0 Å². The fourth-order valence-corrected chi connectivity index (χ4v) is 3.13. The molecule has 23 heavy (non-hydrogen) atoms. The average Bonchev–Trinajstić information content (AvgIpc) is 2.64. The molecule has 5 heteroatoms. The van der Waals surface area contributed by atoms with Gasteiger partial charge in [-0.3, -0.25) is 9.59 Å².